The molecule has 4 heterocycles. The van der Waals surface area contributed by atoms with Gasteiger partial charge in [-0.1, -0.05) is 0 Å². The number of ether oxygens (including phenoxy) is 2. The van der Waals surface area contributed by atoms with Crippen LogP contribution < -0.4 is 4.90 Å². The number of aromatic nitrogens is 2. The number of carbonyl (C=O) groups is 2. The maximum absolute atomic E-state index is 12.6. The first-order chi connectivity index (χ1) is 12.6. The Kier molecular flexibility index (Phi) is 4.71. The third-order valence-electron chi connectivity index (χ3n) is 5.45. The van der Waals surface area contributed by atoms with Gasteiger partial charge >= 0.3 is 0 Å². The summed E-state index contributed by atoms with van der Waals surface area (Å²) in [6.45, 7) is 5.98. The number of aryl methyl sites for hydroxylation is 2. The van der Waals surface area contributed by atoms with E-state index in [4.69, 9.17) is 9.47 Å². The number of carbonyl (C=O) groups excluding carboxylic acids is 2. The van der Waals surface area contributed by atoms with Crippen LogP contribution in [0, 0.1) is 6.92 Å². The molecule has 3 aliphatic heterocycles. The summed E-state index contributed by atoms with van der Waals surface area (Å²) in [5, 5.41) is 4.41. The molecule has 2 saturated heterocycles. The first-order valence-electron chi connectivity index (χ1n) is 9.47. The van der Waals surface area contributed by atoms with Gasteiger partial charge in [0.15, 0.2) is 5.79 Å². The summed E-state index contributed by atoms with van der Waals surface area (Å²) in [6, 6.07) is 1.94. The van der Waals surface area contributed by atoms with E-state index >= 15 is 0 Å². The molecule has 0 N–H and O–H groups in total. The van der Waals surface area contributed by atoms with E-state index in [2.05, 4.69) is 5.10 Å². The highest BCUT2D eigenvalue weighted by atomic mass is 16.7. The highest BCUT2D eigenvalue weighted by molar-refractivity contribution is 5.95. The van der Waals surface area contributed by atoms with E-state index in [-0.39, 0.29) is 24.7 Å². The fraction of sp³-hybridized carbons (Fsp3) is 0.722. The van der Waals surface area contributed by atoms with E-state index in [1.807, 2.05) is 22.6 Å². The Morgan fingerprint density at radius 1 is 1.08 bits per heavy atom. The molecule has 0 atom stereocenters. The maximum Gasteiger partial charge on any atom is 0.228 e. The van der Waals surface area contributed by atoms with Crippen molar-refractivity contribution in [3.63, 3.8) is 0 Å². The van der Waals surface area contributed by atoms with Gasteiger partial charge in [0.2, 0.25) is 11.8 Å². The Hall–Kier alpha value is -1.93. The minimum atomic E-state index is -0.476. The van der Waals surface area contributed by atoms with Crippen molar-refractivity contribution in [2.45, 2.75) is 51.4 Å². The normalized spacial score (nSPS) is 21.9. The van der Waals surface area contributed by atoms with Crippen molar-refractivity contribution in [1.29, 1.82) is 0 Å². The molecule has 2 amide bonds. The quantitative estimate of drug-likeness (QED) is 0.804. The summed E-state index contributed by atoms with van der Waals surface area (Å²) in [7, 11) is 0. The van der Waals surface area contributed by atoms with Gasteiger partial charge < -0.3 is 14.4 Å². The van der Waals surface area contributed by atoms with Crippen molar-refractivity contribution in [2.75, 3.05) is 37.7 Å². The summed E-state index contributed by atoms with van der Waals surface area (Å²) in [5.74, 6) is 0.404. The molecule has 1 spiro atoms. The van der Waals surface area contributed by atoms with Gasteiger partial charge in [0.05, 0.1) is 18.9 Å². The molecule has 0 aliphatic carbocycles. The van der Waals surface area contributed by atoms with Crippen LogP contribution in [-0.2, 0) is 25.6 Å². The SMILES string of the molecule is Cc1cc2n(n1)CCCN2C(=O)CCC(=O)N1CCC2(CC1)OCCO2. The smallest absolute Gasteiger partial charge is 0.228 e. The second-order valence-corrected chi connectivity index (χ2v) is 7.25. The maximum atomic E-state index is 12.6. The predicted octanol–water partition coefficient (Wildman–Crippen LogP) is 1.07. The summed E-state index contributed by atoms with van der Waals surface area (Å²) < 4.78 is 13.3. The number of nitrogens with zero attached hydrogens (tertiary/aromatic N) is 4. The minimum absolute atomic E-state index is 0.00450. The highest BCUT2D eigenvalue weighted by Gasteiger charge is 2.40. The van der Waals surface area contributed by atoms with Crippen molar-refractivity contribution in [3.8, 4) is 0 Å². The molecule has 0 radical (unpaired) electrons. The zero-order valence-corrected chi connectivity index (χ0v) is 15.3. The minimum Gasteiger partial charge on any atom is -0.347 e. The standard InChI is InChI=1S/C18H26N4O4/c1-14-13-15-21(7-2-8-22(15)19-14)17(24)4-3-16(23)20-9-5-18(6-10-20)25-11-12-26-18/h13H,2-12H2,1H3. The van der Waals surface area contributed by atoms with Gasteiger partial charge in [-0.3, -0.25) is 14.5 Å². The molecular formula is C18H26N4O4. The number of rotatable bonds is 3. The second kappa shape index (κ2) is 7.00. The van der Waals surface area contributed by atoms with Gasteiger partial charge in [-0.2, -0.15) is 5.10 Å². The highest BCUT2D eigenvalue weighted by Crippen LogP contribution is 2.31. The van der Waals surface area contributed by atoms with Crippen LogP contribution in [0.1, 0.15) is 37.8 Å². The van der Waals surface area contributed by atoms with Gasteiger partial charge in [-0.05, 0) is 13.3 Å². The molecule has 26 heavy (non-hydrogen) atoms. The number of anilines is 1. The zero-order valence-electron chi connectivity index (χ0n) is 15.3. The van der Waals surface area contributed by atoms with Crippen LogP contribution in [-0.4, -0.2) is 65.1 Å². The lowest BCUT2D eigenvalue weighted by Crippen LogP contribution is -2.47. The summed E-state index contributed by atoms with van der Waals surface area (Å²) in [6.07, 6.45) is 2.78. The van der Waals surface area contributed by atoms with E-state index in [0.29, 0.717) is 45.7 Å². The fourth-order valence-corrected chi connectivity index (χ4v) is 4.05. The Balaban J connectivity index is 1.29. The predicted molar refractivity (Wildman–Crippen MR) is 93.6 cm³/mol. The second-order valence-electron chi connectivity index (χ2n) is 7.25. The van der Waals surface area contributed by atoms with E-state index in [1.54, 1.807) is 4.90 Å². The van der Waals surface area contributed by atoms with Crippen LogP contribution in [0.25, 0.3) is 0 Å². The molecule has 8 heteroatoms. The van der Waals surface area contributed by atoms with Gasteiger partial charge in [-0.25, -0.2) is 4.68 Å². The molecule has 3 aliphatic rings. The van der Waals surface area contributed by atoms with Gasteiger partial charge in [-0.15, -0.1) is 0 Å². The molecule has 1 aromatic heterocycles. The number of piperidine rings is 1. The number of hydrogen-bond donors (Lipinski definition) is 0. The number of amides is 2. The Bertz CT molecular complexity index is 685. The van der Waals surface area contributed by atoms with Crippen LogP contribution in [0.3, 0.4) is 0 Å². The van der Waals surface area contributed by atoms with Gasteiger partial charge in [0.1, 0.15) is 5.82 Å². The largest absolute Gasteiger partial charge is 0.347 e. The van der Waals surface area contributed by atoms with Gasteiger partial charge in [0.25, 0.3) is 0 Å². The average Bonchev–Trinajstić information content (AvgIpc) is 3.25. The topological polar surface area (TPSA) is 76.9 Å². The number of hydrogen-bond acceptors (Lipinski definition) is 5. The molecule has 4 rings (SSSR count). The summed E-state index contributed by atoms with van der Waals surface area (Å²) in [5.41, 5.74) is 0.911. The van der Waals surface area contributed by atoms with Crippen molar-refractivity contribution in [1.82, 2.24) is 14.7 Å². The summed E-state index contributed by atoms with van der Waals surface area (Å²) >= 11 is 0. The van der Waals surface area contributed by atoms with Crippen molar-refractivity contribution >= 4 is 17.6 Å². The van der Waals surface area contributed by atoms with Crippen LogP contribution in [0.2, 0.25) is 0 Å². The van der Waals surface area contributed by atoms with Crippen molar-refractivity contribution in [2.24, 2.45) is 0 Å². The van der Waals surface area contributed by atoms with E-state index in [0.717, 1.165) is 24.5 Å². The lowest BCUT2D eigenvalue weighted by molar-refractivity contribution is -0.187. The first-order valence-corrected chi connectivity index (χ1v) is 9.47. The number of likely N-dealkylation sites (tertiary alicyclic amines) is 1. The van der Waals surface area contributed by atoms with Crippen LogP contribution >= 0.6 is 0 Å². The zero-order chi connectivity index (χ0) is 18.1. The molecule has 142 valence electrons. The fourth-order valence-electron chi connectivity index (χ4n) is 4.05. The van der Waals surface area contributed by atoms with Crippen LogP contribution in [0.5, 0.6) is 0 Å². The molecule has 0 aromatic carbocycles. The van der Waals surface area contributed by atoms with Crippen molar-refractivity contribution < 1.29 is 19.1 Å². The van der Waals surface area contributed by atoms with Crippen LogP contribution in [0.4, 0.5) is 5.82 Å². The third kappa shape index (κ3) is 3.35. The molecule has 0 unspecified atom stereocenters. The van der Waals surface area contributed by atoms with Crippen LogP contribution in [0.15, 0.2) is 6.07 Å². The van der Waals surface area contributed by atoms with Gasteiger partial charge in [0, 0.05) is 57.9 Å². The molecule has 2 fully saturated rings. The monoisotopic (exact) mass is 362 g/mol. The summed E-state index contributed by atoms with van der Waals surface area (Å²) in [4.78, 5) is 28.7. The average molecular weight is 362 g/mol. The van der Waals surface area contributed by atoms with E-state index in [9.17, 15) is 9.59 Å². The lowest BCUT2D eigenvalue weighted by atomic mass is 10.0. The Labute approximate surface area is 153 Å². The third-order valence-corrected chi connectivity index (χ3v) is 5.45. The van der Waals surface area contributed by atoms with E-state index < -0.39 is 5.79 Å². The number of fused-ring (bicyclic) bond motifs is 1. The molecular weight excluding hydrogens is 336 g/mol. The Morgan fingerprint density at radius 3 is 2.50 bits per heavy atom. The molecule has 1 aromatic rings. The Morgan fingerprint density at radius 2 is 1.77 bits per heavy atom. The molecule has 0 saturated carbocycles. The first kappa shape index (κ1) is 17.5. The van der Waals surface area contributed by atoms with Crippen molar-refractivity contribution in [3.05, 3.63) is 11.8 Å². The molecule has 8 nitrogen and oxygen atoms in total. The lowest BCUT2D eigenvalue weighted by Gasteiger charge is -2.37. The molecule has 0 bridgehead atoms. The van der Waals surface area contributed by atoms with E-state index in [1.165, 1.54) is 0 Å².